The van der Waals surface area contributed by atoms with Gasteiger partial charge in [-0.15, -0.1) is 0 Å². The van der Waals surface area contributed by atoms with Gasteiger partial charge in [0.2, 0.25) is 0 Å². The van der Waals surface area contributed by atoms with Gasteiger partial charge in [-0.3, -0.25) is 9.59 Å². The molecule has 0 heterocycles. The van der Waals surface area contributed by atoms with E-state index in [0.717, 1.165) is 0 Å². The smallest absolute Gasteiger partial charge is 0.508 e. The van der Waals surface area contributed by atoms with Crippen molar-refractivity contribution in [1.82, 2.24) is 10.6 Å². The fourth-order valence-corrected chi connectivity index (χ4v) is 2.31. The van der Waals surface area contributed by atoms with Gasteiger partial charge in [0.1, 0.15) is 17.2 Å². The van der Waals surface area contributed by atoms with Crippen LogP contribution >= 0.6 is 0 Å². The molecule has 1 unspecified atom stereocenters. The molecule has 9 nitrogen and oxygen atoms in total. The molecule has 0 radical (unpaired) electrons. The molecule has 160 valence electrons. The Balaban J connectivity index is 1.70. The minimum atomic E-state index is -0.811. The first-order valence-corrected chi connectivity index (χ1v) is 9.35. The van der Waals surface area contributed by atoms with Crippen LogP contribution in [0.3, 0.4) is 0 Å². The Morgan fingerprint density at radius 1 is 0.933 bits per heavy atom. The lowest BCUT2D eigenvalue weighted by Gasteiger charge is -2.15. The number of nitrogens with one attached hydrogen (secondary N) is 2. The molecule has 3 N–H and O–H groups in total. The van der Waals surface area contributed by atoms with E-state index in [0.29, 0.717) is 11.3 Å². The van der Waals surface area contributed by atoms with E-state index >= 15 is 0 Å². The van der Waals surface area contributed by atoms with Crippen LogP contribution in [0.2, 0.25) is 0 Å². The van der Waals surface area contributed by atoms with E-state index in [2.05, 4.69) is 15.4 Å². The number of benzene rings is 2. The van der Waals surface area contributed by atoms with E-state index in [-0.39, 0.29) is 43.0 Å². The second kappa shape index (κ2) is 11.3. The number of aromatic hydroxyl groups is 1. The zero-order valence-electron chi connectivity index (χ0n) is 16.7. The number of rotatable bonds is 9. The third kappa shape index (κ3) is 7.34. The second-order valence-corrected chi connectivity index (χ2v) is 6.11. The van der Waals surface area contributed by atoms with Crippen molar-refractivity contribution in [1.29, 1.82) is 0 Å². The van der Waals surface area contributed by atoms with Crippen molar-refractivity contribution in [3.8, 4) is 17.2 Å². The highest BCUT2D eigenvalue weighted by atomic mass is 16.7. The van der Waals surface area contributed by atoms with Gasteiger partial charge in [-0.2, -0.15) is 0 Å². The molecule has 0 saturated carbocycles. The van der Waals surface area contributed by atoms with Crippen LogP contribution in [0.1, 0.15) is 24.2 Å². The minimum absolute atomic E-state index is 0.108. The summed E-state index contributed by atoms with van der Waals surface area (Å²) in [6.45, 7) is 3.91. The molecule has 0 aliphatic heterocycles. The summed E-state index contributed by atoms with van der Waals surface area (Å²) in [6.07, 6.45) is -1.55. The Hall–Kier alpha value is -3.75. The summed E-state index contributed by atoms with van der Waals surface area (Å²) < 4.78 is 15.1. The molecular formula is C21H24N2O7. The normalized spacial score (nSPS) is 11.1. The largest absolute Gasteiger partial charge is 0.513 e. The van der Waals surface area contributed by atoms with Gasteiger partial charge in [0.25, 0.3) is 11.8 Å². The Morgan fingerprint density at radius 3 is 2.17 bits per heavy atom. The highest BCUT2D eigenvalue weighted by Gasteiger charge is 2.14. The number of phenolic OH excluding ortho intramolecular Hbond substituents is 1. The van der Waals surface area contributed by atoms with Crippen LogP contribution in [0.15, 0.2) is 48.5 Å². The van der Waals surface area contributed by atoms with E-state index in [1.54, 1.807) is 26.0 Å². The average Bonchev–Trinajstić information content (AvgIpc) is 2.73. The quantitative estimate of drug-likeness (QED) is 0.325. The molecule has 0 spiro atoms. The summed E-state index contributed by atoms with van der Waals surface area (Å²) in [5, 5.41) is 14.6. The highest BCUT2D eigenvalue weighted by Crippen LogP contribution is 2.17. The van der Waals surface area contributed by atoms with Crippen molar-refractivity contribution in [2.75, 3.05) is 19.7 Å². The van der Waals surface area contributed by atoms with Gasteiger partial charge in [-0.25, -0.2) is 4.79 Å². The summed E-state index contributed by atoms with van der Waals surface area (Å²) in [5.41, 5.74) is 0.376. The van der Waals surface area contributed by atoms with Gasteiger partial charge >= 0.3 is 6.16 Å². The molecule has 0 saturated heterocycles. The zero-order chi connectivity index (χ0) is 21.9. The van der Waals surface area contributed by atoms with Crippen LogP contribution < -0.4 is 20.1 Å². The monoisotopic (exact) mass is 416 g/mol. The lowest BCUT2D eigenvalue weighted by atomic mass is 10.2. The van der Waals surface area contributed by atoms with Crippen molar-refractivity contribution in [2.24, 2.45) is 0 Å². The molecule has 0 aliphatic carbocycles. The first kappa shape index (κ1) is 22.5. The van der Waals surface area contributed by atoms with Crippen molar-refractivity contribution in [3.05, 3.63) is 54.1 Å². The van der Waals surface area contributed by atoms with E-state index in [4.69, 9.17) is 9.47 Å². The van der Waals surface area contributed by atoms with Gasteiger partial charge in [0.05, 0.1) is 6.61 Å². The molecule has 2 aromatic carbocycles. The van der Waals surface area contributed by atoms with E-state index < -0.39 is 12.3 Å². The Kier molecular flexibility index (Phi) is 8.49. The SMILES string of the molecule is CCOC(=O)Oc1ccc(C(=O)NCCNC(=O)C(C)Oc2ccc(O)cc2)cc1. The number of hydrogen-bond donors (Lipinski definition) is 3. The van der Waals surface area contributed by atoms with Gasteiger partial charge in [-0.1, -0.05) is 0 Å². The van der Waals surface area contributed by atoms with Gasteiger partial charge in [0.15, 0.2) is 6.10 Å². The molecule has 0 bridgehead atoms. The highest BCUT2D eigenvalue weighted by molar-refractivity contribution is 5.94. The molecule has 0 aliphatic rings. The minimum Gasteiger partial charge on any atom is -0.508 e. The summed E-state index contributed by atoms with van der Waals surface area (Å²) in [6, 6.07) is 12.0. The third-order valence-electron chi connectivity index (χ3n) is 3.81. The van der Waals surface area contributed by atoms with Gasteiger partial charge < -0.3 is 30.0 Å². The number of phenols is 1. The van der Waals surface area contributed by atoms with E-state index in [9.17, 15) is 19.5 Å². The van der Waals surface area contributed by atoms with Crippen LogP contribution in [-0.2, 0) is 9.53 Å². The van der Waals surface area contributed by atoms with Crippen LogP contribution in [0, 0.1) is 0 Å². The predicted octanol–water partition coefficient (Wildman–Crippen LogP) is 2.24. The van der Waals surface area contributed by atoms with Crippen LogP contribution in [-0.4, -0.2) is 48.9 Å². The molecule has 1 atom stereocenters. The first-order chi connectivity index (χ1) is 14.4. The Morgan fingerprint density at radius 2 is 1.53 bits per heavy atom. The third-order valence-corrected chi connectivity index (χ3v) is 3.81. The van der Waals surface area contributed by atoms with E-state index in [1.807, 2.05) is 0 Å². The second-order valence-electron chi connectivity index (χ2n) is 6.11. The number of hydrogen-bond acceptors (Lipinski definition) is 7. The summed E-state index contributed by atoms with van der Waals surface area (Å²) >= 11 is 0. The molecule has 2 amide bonds. The lowest BCUT2D eigenvalue weighted by Crippen LogP contribution is -2.40. The van der Waals surface area contributed by atoms with Crippen molar-refractivity contribution in [2.45, 2.75) is 20.0 Å². The molecular weight excluding hydrogens is 392 g/mol. The summed E-state index contributed by atoms with van der Waals surface area (Å²) in [4.78, 5) is 35.4. The molecule has 30 heavy (non-hydrogen) atoms. The molecule has 2 aromatic rings. The predicted molar refractivity (Wildman–Crippen MR) is 108 cm³/mol. The Labute approximate surface area is 173 Å². The average molecular weight is 416 g/mol. The maximum atomic E-state index is 12.1. The summed E-state index contributed by atoms with van der Waals surface area (Å²) in [5.74, 6) is 0.161. The van der Waals surface area contributed by atoms with Crippen molar-refractivity contribution < 1.29 is 33.7 Å². The number of carbonyl (C=O) groups excluding carboxylic acids is 3. The maximum Gasteiger partial charge on any atom is 0.513 e. The standard InChI is InChI=1S/C21H24N2O7/c1-3-28-21(27)30-18-8-4-15(5-9-18)20(26)23-13-12-22-19(25)14(2)29-17-10-6-16(24)7-11-17/h4-11,14,24H,3,12-13H2,1-2H3,(H,22,25)(H,23,26). The maximum absolute atomic E-state index is 12.1. The molecule has 2 rings (SSSR count). The van der Waals surface area contributed by atoms with Crippen molar-refractivity contribution in [3.63, 3.8) is 0 Å². The fraction of sp³-hybridized carbons (Fsp3) is 0.286. The Bertz CT molecular complexity index is 851. The zero-order valence-corrected chi connectivity index (χ0v) is 16.7. The lowest BCUT2D eigenvalue weighted by molar-refractivity contribution is -0.127. The van der Waals surface area contributed by atoms with Crippen LogP contribution in [0.5, 0.6) is 17.2 Å². The van der Waals surface area contributed by atoms with Gasteiger partial charge in [-0.05, 0) is 62.4 Å². The fourth-order valence-electron chi connectivity index (χ4n) is 2.31. The van der Waals surface area contributed by atoms with E-state index in [1.165, 1.54) is 36.4 Å². The number of amides is 2. The van der Waals surface area contributed by atoms with Crippen LogP contribution in [0.25, 0.3) is 0 Å². The number of carbonyl (C=O) groups is 3. The van der Waals surface area contributed by atoms with Crippen LogP contribution in [0.4, 0.5) is 4.79 Å². The molecule has 0 fully saturated rings. The topological polar surface area (TPSA) is 123 Å². The first-order valence-electron chi connectivity index (χ1n) is 9.35. The number of ether oxygens (including phenoxy) is 3. The van der Waals surface area contributed by atoms with Gasteiger partial charge in [0, 0.05) is 18.7 Å². The van der Waals surface area contributed by atoms with Crippen molar-refractivity contribution >= 4 is 18.0 Å². The molecule has 0 aromatic heterocycles. The molecule has 9 heteroatoms. The summed E-state index contributed by atoms with van der Waals surface area (Å²) in [7, 11) is 0.